The molecule has 0 saturated carbocycles. The molecule has 0 aliphatic heterocycles. The van der Waals surface area contributed by atoms with Gasteiger partial charge in [0.05, 0.1) is 0 Å². The molecule has 2 unspecified atom stereocenters. The number of halogens is 1. The van der Waals surface area contributed by atoms with Crippen molar-refractivity contribution in [2.24, 2.45) is 5.92 Å². The summed E-state index contributed by atoms with van der Waals surface area (Å²) in [6.45, 7) is 8.37. The Morgan fingerprint density at radius 3 is 2.45 bits per heavy atom. The van der Waals surface area contributed by atoms with Crippen LogP contribution in [0.3, 0.4) is 0 Å². The normalized spacial score (nSPS) is 14.8. The molecule has 1 rings (SSSR count). The van der Waals surface area contributed by atoms with Gasteiger partial charge in [-0.3, -0.25) is 4.79 Å². The zero-order valence-corrected chi connectivity index (χ0v) is 13.8. The largest absolute Gasteiger partial charge is 0.348 e. The van der Waals surface area contributed by atoms with Gasteiger partial charge in [0.15, 0.2) is 0 Å². The van der Waals surface area contributed by atoms with E-state index in [-0.39, 0.29) is 16.8 Å². The Hall–Kier alpha value is -1.01. The quantitative estimate of drug-likeness (QED) is 0.819. The van der Waals surface area contributed by atoms with Gasteiger partial charge in [0.1, 0.15) is 10.6 Å². The van der Waals surface area contributed by atoms with Gasteiger partial charge in [-0.1, -0.05) is 20.3 Å². The summed E-state index contributed by atoms with van der Waals surface area (Å²) >= 11 is 0. The number of nitrogens with one attached hydrogen (secondary N) is 1. The second kappa shape index (κ2) is 6.63. The Balaban J connectivity index is 3.01. The third-order valence-electron chi connectivity index (χ3n) is 3.58. The van der Waals surface area contributed by atoms with Gasteiger partial charge >= 0.3 is 0 Å². The zero-order valence-electron chi connectivity index (χ0n) is 12.2. The van der Waals surface area contributed by atoms with Gasteiger partial charge in [-0.15, -0.1) is 0 Å². The summed E-state index contributed by atoms with van der Waals surface area (Å²) in [6, 6.07) is 1.33. The summed E-state index contributed by atoms with van der Waals surface area (Å²) in [5.41, 5.74) is 0.307. The SMILES string of the molecule is CCC(C)C(C)NC(=O)c1cc(S(=O)(=O)Cl)cn1CC. The molecular formula is C13H21ClN2O3S. The fourth-order valence-corrected chi connectivity index (χ4v) is 2.60. The number of hydrogen-bond donors (Lipinski definition) is 1. The minimum Gasteiger partial charge on any atom is -0.348 e. The first-order chi connectivity index (χ1) is 9.20. The number of amides is 1. The number of aromatic nitrogens is 1. The Kier molecular flexibility index (Phi) is 5.65. The second-order valence-corrected chi connectivity index (χ2v) is 7.50. The van der Waals surface area contributed by atoms with Crippen LogP contribution < -0.4 is 5.32 Å². The minimum absolute atomic E-state index is 0.0174. The summed E-state index contributed by atoms with van der Waals surface area (Å²) < 4.78 is 24.2. The highest BCUT2D eigenvalue weighted by molar-refractivity contribution is 8.13. The smallest absolute Gasteiger partial charge is 0.268 e. The van der Waals surface area contributed by atoms with Gasteiger partial charge in [-0.25, -0.2) is 8.42 Å². The molecule has 5 nitrogen and oxygen atoms in total. The lowest BCUT2D eigenvalue weighted by Crippen LogP contribution is -2.37. The van der Waals surface area contributed by atoms with E-state index in [2.05, 4.69) is 19.2 Å². The molecule has 7 heteroatoms. The average molecular weight is 321 g/mol. The highest BCUT2D eigenvalue weighted by Gasteiger charge is 2.21. The molecule has 0 spiro atoms. The molecule has 1 amide bonds. The van der Waals surface area contributed by atoms with Crippen molar-refractivity contribution >= 4 is 25.6 Å². The monoisotopic (exact) mass is 320 g/mol. The van der Waals surface area contributed by atoms with E-state index < -0.39 is 9.05 Å². The van der Waals surface area contributed by atoms with Crippen LogP contribution in [0.5, 0.6) is 0 Å². The lowest BCUT2D eigenvalue weighted by molar-refractivity contribution is 0.0919. The molecule has 0 saturated heterocycles. The van der Waals surface area contributed by atoms with E-state index in [0.29, 0.717) is 18.2 Å². The van der Waals surface area contributed by atoms with Crippen LogP contribution in [-0.4, -0.2) is 24.9 Å². The maximum Gasteiger partial charge on any atom is 0.268 e. The van der Waals surface area contributed by atoms with Crippen molar-refractivity contribution in [2.75, 3.05) is 0 Å². The molecule has 0 aliphatic carbocycles. The number of carbonyl (C=O) groups is 1. The molecule has 2 atom stereocenters. The Bertz CT molecular complexity index is 580. The first-order valence-corrected chi connectivity index (χ1v) is 8.97. The molecule has 0 bridgehead atoms. The standard InChI is InChI=1S/C13H21ClN2O3S/c1-5-9(3)10(4)15-13(17)12-7-11(20(14,18)19)8-16(12)6-2/h7-10H,5-6H2,1-4H3,(H,15,17). The summed E-state index contributed by atoms with van der Waals surface area (Å²) in [4.78, 5) is 12.2. The van der Waals surface area contributed by atoms with Crippen molar-refractivity contribution in [3.63, 3.8) is 0 Å². The molecule has 114 valence electrons. The van der Waals surface area contributed by atoms with E-state index in [4.69, 9.17) is 10.7 Å². The molecular weight excluding hydrogens is 300 g/mol. The van der Waals surface area contributed by atoms with Crippen LogP contribution in [0.4, 0.5) is 0 Å². The fraction of sp³-hybridized carbons (Fsp3) is 0.615. The summed E-state index contributed by atoms with van der Waals surface area (Å²) in [6.07, 6.45) is 2.34. The molecule has 1 heterocycles. The minimum atomic E-state index is -3.83. The van der Waals surface area contributed by atoms with Gasteiger partial charge in [-0.2, -0.15) is 0 Å². The number of nitrogens with zero attached hydrogens (tertiary/aromatic N) is 1. The number of carbonyl (C=O) groups excluding carboxylic acids is 1. The highest BCUT2D eigenvalue weighted by Crippen LogP contribution is 2.19. The van der Waals surface area contributed by atoms with Crippen LogP contribution in [-0.2, 0) is 15.6 Å². The first-order valence-electron chi connectivity index (χ1n) is 6.66. The van der Waals surface area contributed by atoms with E-state index in [1.807, 2.05) is 13.8 Å². The van der Waals surface area contributed by atoms with Gasteiger partial charge in [-0.05, 0) is 25.8 Å². The Morgan fingerprint density at radius 1 is 1.40 bits per heavy atom. The maximum absolute atomic E-state index is 12.2. The third-order valence-corrected chi connectivity index (χ3v) is 4.90. The van der Waals surface area contributed by atoms with Crippen LogP contribution in [0.2, 0.25) is 0 Å². The van der Waals surface area contributed by atoms with Crippen molar-refractivity contribution in [1.82, 2.24) is 9.88 Å². The lowest BCUT2D eigenvalue weighted by atomic mass is 10.0. The van der Waals surface area contributed by atoms with Crippen LogP contribution in [0, 0.1) is 5.92 Å². The molecule has 0 aromatic carbocycles. The predicted octanol–water partition coefficient (Wildman–Crippen LogP) is 2.60. The lowest BCUT2D eigenvalue weighted by Gasteiger charge is -2.20. The van der Waals surface area contributed by atoms with Crippen LogP contribution >= 0.6 is 10.7 Å². The maximum atomic E-state index is 12.2. The van der Waals surface area contributed by atoms with E-state index in [1.165, 1.54) is 12.3 Å². The van der Waals surface area contributed by atoms with Crippen molar-refractivity contribution in [3.05, 3.63) is 18.0 Å². The predicted molar refractivity (Wildman–Crippen MR) is 79.5 cm³/mol. The van der Waals surface area contributed by atoms with Gasteiger partial charge in [0, 0.05) is 29.5 Å². The van der Waals surface area contributed by atoms with E-state index in [9.17, 15) is 13.2 Å². The van der Waals surface area contributed by atoms with E-state index >= 15 is 0 Å². The summed E-state index contributed by atoms with van der Waals surface area (Å²) in [5, 5.41) is 2.89. The molecule has 20 heavy (non-hydrogen) atoms. The third kappa shape index (κ3) is 3.99. The second-order valence-electron chi connectivity index (χ2n) is 4.93. The van der Waals surface area contributed by atoms with Crippen molar-refractivity contribution in [1.29, 1.82) is 0 Å². The van der Waals surface area contributed by atoms with Crippen molar-refractivity contribution < 1.29 is 13.2 Å². The Labute approximate surface area is 124 Å². The van der Waals surface area contributed by atoms with Crippen LogP contribution in [0.1, 0.15) is 44.6 Å². The summed E-state index contributed by atoms with van der Waals surface area (Å²) in [7, 11) is 1.49. The van der Waals surface area contributed by atoms with Gasteiger partial charge in [0.2, 0.25) is 0 Å². The zero-order chi connectivity index (χ0) is 15.5. The molecule has 0 radical (unpaired) electrons. The van der Waals surface area contributed by atoms with E-state index in [0.717, 1.165) is 6.42 Å². The first kappa shape index (κ1) is 17.0. The number of hydrogen-bond acceptors (Lipinski definition) is 3. The van der Waals surface area contributed by atoms with Gasteiger partial charge in [0.25, 0.3) is 15.0 Å². The molecule has 1 aromatic heterocycles. The van der Waals surface area contributed by atoms with E-state index in [1.54, 1.807) is 4.57 Å². The molecule has 1 aromatic rings. The molecule has 1 N–H and O–H groups in total. The van der Waals surface area contributed by atoms with Gasteiger partial charge < -0.3 is 9.88 Å². The fourth-order valence-electron chi connectivity index (χ4n) is 1.85. The van der Waals surface area contributed by atoms with Crippen LogP contribution in [0.15, 0.2) is 17.2 Å². The molecule has 0 aliphatic rings. The number of aryl methyl sites for hydroxylation is 1. The average Bonchev–Trinajstić information content (AvgIpc) is 2.81. The highest BCUT2D eigenvalue weighted by atomic mass is 35.7. The number of rotatable bonds is 6. The Morgan fingerprint density at radius 2 is 2.00 bits per heavy atom. The van der Waals surface area contributed by atoms with Crippen LogP contribution in [0.25, 0.3) is 0 Å². The molecule has 0 fully saturated rings. The summed E-state index contributed by atoms with van der Waals surface area (Å²) in [5.74, 6) is 0.0615. The van der Waals surface area contributed by atoms with Crippen molar-refractivity contribution in [2.45, 2.75) is 51.6 Å². The van der Waals surface area contributed by atoms with Crippen molar-refractivity contribution in [3.8, 4) is 0 Å². The topological polar surface area (TPSA) is 68.2 Å².